The number of aromatic nitrogens is 1. The lowest BCUT2D eigenvalue weighted by atomic mass is 10.1. The number of hydrogen-bond donors (Lipinski definition) is 1. The molecular weight excluding hydrogens is 292 g/mol. The molecule has 2 aromatic rings. The molecule has 1 aromatic carbocycles. The molecule has 3 nitrogen and oxygen atoms in total. The van der Waals surface area contributed by atoms with Gasteiger partial charge < -0.3 is 5.32 Å². The highest BCUT2D eigenvalue weighted by Crippen LogP contribution is 2.16. The lowest BCUT2D eigenvalue weighted by Gasteiger charge is -2.07. The Morgan fingerprint density at radius 2 is 1.94 bits per heavy atom. The van der Waals surface area contributed by atoms with Gasteiger partial charge in [0.2, 0.25) is 0 Å². The Balaban J connectivity index is 2.18. The van der Waals surface area contributed by atoms with Gasteiger partial charge in [0.25, 0.3) is 5.91 Å². The zero-order valence-corrected chi connectivity index (χ0v) is 11.8. The number of nitrogens with zero attached hydrogens (tertiary/aromatic N) is 1. The number of hydrogen-bond acceptors (Lipinski definition) is 2. The van der Waals surface area contributed by atoms with Crippen LogP contribution in [0.3, 0.4) is 0 Å². The van der Waals surface area contributed by atoms with Gasteiger partial charge in [0.05, 0.1) is 5.56 Å². The van der Waals surface area contributed by atoms with E-state index >= 15 is 0 Å². The molecule has 1 aromatic heterocycles. The fourth-order valence-electron chi connectivity index (χ4n) is 1.56. The van der Waals surface area contributed by atoms with Gasteiger partial charge in [-0.2, -0.15) is 0 Å². The molecule has 0 fully saturated rings. The van der Waals surface area contributed by atoms with Crippen LogP contribution in [0.15, 0.2) is 41.1 Å². The van der Waals surface area contributed by atoms with Gasteiger partial charge in [-0.05, 0) is 59.1 Å². The molecule has 0 unspecified atom stereocenters. The molecule has 0 spiro atoms. The number of amides is 1. The molecule has 1 amide bonds. The standard InChI is InChI=1S/C14H13BrN2O/c1-9-3-4-13(5-10(9)2)17-14(18)11-6-12(15)8-16-7-11/h3-8H,1-2H3,(H,17,18). The minimum atomic E-state index is -0.160. The van der Waals surface area contributed by atoms with Crippen molar-refractivity contribution >= 4 is 27.5 Å². The summed E-state index contributed by atoms with van der Waals surface area (Å²) in [6, 6.07) is 7.58. The van der Waals surface area contributed by atoms with Gasteiger partial charge in [0, 0.05) is 22.6 Å². The molecule has 0 aliphatic rings. The Kier molecular flexibility index (Phi) is 3.77. The van der Waals surface area contributed by atoms with Crippen LogP contribution in [0.25, 0.3) is 0 Å². The van der Waals surface area contributed by atoms with E-state index in [1.165, 1.54) is 5.56 Å². The van der Waals surface area contributed by atoms with Crippen LogP contribution in [0.1, 0.15) is 21.5 Å². The Hall–Kier alpha value is -1.68. The van der Waals surface area contributed by atoms with Crippen molar-refractivity contribution in [1.82, 2.24) is 4.98 Å². The lowest BCUT2D eigenvalue weighted by molar-refractivity contribution is 0.102. The summed E-state index contributed by atoms with van der Waals surface area (Å²) >= 11 is 3.29. The Bertz CT molecular complexity index is 596. The Morgan fingerprint density at radius 3 is 2.61 bits per heavy atom. The van der Waals surface area contributed by atoms with E-state index in [2.05, 4.69) is 26.2 Å². The van der Waals surface area contributed by atoms with E-state index in [0.717, 1.165) is 15.7 Å². The molecule has 0 aliphatic heterocycles. The van der Waals surface area contributed by atoms with Crippen LogP contribution in [0.2, 0.25) is 0 Å². The van der Waals surface area contributed by atoms with Crippen molar-refractivity contribution in [2.45, 2.75) is 13.8 Å². The number of carbonyl (C=O) groups excluding carboxylic acids is 1. The largest absolute Gasteiger partial charge is 0.322 e. The van der Waals surface area contributed by atoms with Crippen LogP contribution in [0.5, 0.6) is 0 Å². The number of aryl methyl sites for hydroxylation is 2. The molecule has 0 bridgehead atoms. The summed E-state index contributed by atoms with van der Waals surface area (Å²) in [5.74, 6) is -0.160. The first-order valence-corrected chi connectivity index (χ1v) is 6.35. The zero-order chi connectivity index (χ0) is 13.1. The molecule has 0 saturated heterocycles. The first kappa shape index (κ1) is 12.8. The number of anilines is 1. The highest BCUT2D eigenvalue weighted by Gasteiger charge is 2.07. The molecule has 4 heteroatoms. The quantitative estimate of drug-likeness (QED) is 0.919. The van der Waals surface area contributed by atoms with E-state index < -0.39 is 0 Å². The maximum absolute atomic E-state index is 12.0. The first-order valence-electron chi connectivity index (χ1n) is 5.55. The van der Waals surface area contributed by atoms with Crippen molar-refractivity contribution in [2.75, 3.05) is 5.32 Å². The second-order valence-corrected chi connectivity index (χ2v) is 5.06. The molecule has 18 heavy (non-hydrogen) atoms. The first-order chi connectivity index (χ1) is 8.56. The van der Waals surface area contributed by atoms with Gasteiger partial charge in [-0.1, -0.05) is 6.07 Å². The van der Waals surface area contributed by atoms with Crippen LogP contribution in [0.4, 0.5) is 5.69 Å². The Morgan fingerprint density at radius 1 is 1.17 bits per heavy atom. The summed E-state index contributed by atoms with van der Waals surface area (Å²) in [5.41, 5.74) is 3.68. The van der Waals surface area contributed by atoms with Crippen LogP contribution >= 0.6 is 15.9 Å². The summed E-state index contributed by atoms with van der Waals surface area (Å²) in [6.07, 6.45) is 3.19. The molecular formula is C14H13BrN2O. The topological polar surface area (TPSA) is 42.0 Å². The summed E-state index contributed by atoms with van der Waals surface area (Å²) < 4.78 is 0.787. The van der Waals surface area contributed by atoms with Gasteiger partial charge in [0.1, 0.15) is 0 Å². The minimum absolute atomic E-state index is 0.160. The van der Waals surface area contributed by atoms with Crippen LogP contribution < -0.4 is 5.32 Å². The third-order valence-electron chi connectivity index (χ3n) is 2.73. The van der Waals surface area contributed by atoms with E-state index in [0.29, 0.717) is 5.56 Å². The smallest absolute Gasteiger partial charge is 0.257 e. The fraction of sp³-hybridized carbons (Fsp3) is 0.143. The van der Waals surface area contributed by atoms with Crippen molar-refractivity contribution in [3.8, 4) is 0 Å². The third kappa shape index (κ3) is 2.96. The molecule has 2 rings (SSSR count). The number of benzene rings is 1. The third-order valence-corrected chi connectivity index (χ3v) is 3.17. The van der Waals surface area contributed by atoms with Crippen LogP contribution in [-0.2, 0) is 0 Å². The lowest BCUT2D eigenvalue weighted by Crippen LogP contribution is -2.12. The second kappa shape index (κ2) is 5.31. The average molecular weight is 305 g/mol. The van der Waals surface area contributed by atoms with Gasteiger partial charge in [-0.15, -0.1) is 0 Å². The fourth-order valence-corrected chi connectivity index (χ4v) is 1.92. The second-order valence-electron chi connectivity index (χ2n) is 4.14. The average Bonchev–Trinajstić information content (AvgIpc) is 2.34. The van der Waals surface area contributed by atoms with Gasteiger partial charge >= 0.3 is 0 Å². The minimum Gasteiger partial charge on any atom is -0.322 e. The molecule has 0 saturated carbocycles. The van der Waals surface area contributed by atoms with E-state index in [-0.39, 0.29) is 5.91 Å². The monoisotopic (exact) mass is 304 g/mol. The van der Waals surface area contributed by atoms with Crippen LogP contribution in [0, 0.1) is 13.8 Å². The number of nitrogens with one attached hydrogen (secondary N) is 1. The van der Waals surface area contributed by atoms with E-state index in [1.807, 2.05) is 32.0 Å². The molecule has 92 valence electrons. The number of rotatable bonds is 2. The molecule has 1 N–H and O–H groups in total. The molecule has 0 radical (unpaired) electrons. The maximum Gasteiger partial charge on any atom is 0.257 e. The van der Waals surface area contributed by atoms with Crippen molar-refractivity contribution < 1.29 is 4.79 Å². The number of pyridine rings is 1. The van der Waals surface area contributed by atoms with Crippen molar-refractivity contribution in [3.63, 3.8) is 0 Å². The van der Waals surface area contributed by atoms with E-state index in [9.17, 15) is 4.79 Å². The number of halogens is 1. The maximum atomic E-state index is 12.0. The highest BCUT2D eigenvalue weighted by atomic mass is 79.9. The predicted octanol–water partition coefficient (Wildman–Crippen LogP) is 3.71. The van der Waals surface area contributed by atoms with E-state index in [4.69, 9.17) is 0 Å². The summed E-state index contributed by atoms with van der Waals surface area (Å²) in [7, 11) is 0. The zero-order valence-electron chi connectivity index (χ0n) is 10.2. The summed E-state index contributed by atoms with van der Waals surface area (Å²) in [5, 5.41) is 2.85. The van der Waals surface area contributed by atoms with Gasteiger partial charge in [0.15, 0.2) is 0 Å². The normalized spacial score (nSPS) is 10.2. The predicted molar refractivity (Wildman–Crippen MR) is 75.8 cm³/mol. The summed E-state index contributed by atoms with van der Waals surface area (Å²) in [6.45, 7) is 4.06. The van der Waals surface area contributed by atoms with Gasteiger partial charge in [-0.25, -0.2) is 0 Å². The summed E-state index contributed by atoms with van der Waals surface area (Å²) in [4.78, 5) is 16.0. The molecule has 0 aliphatic carbocycles. The molecule has 0 atom stereocenters. The van der Waals surface area contributed by atoms with Crippen molar-refractivity contribution in [2.24, 2.45) is 0 Å². The van der Waals surface area contributed by atoms with Gasteiger partial charge in [-0.3, -0.25) is 9.78 Å². The van der Waals surface area contributed by atoms with Crippen molar-refractivity contribution in [3.05, 3.63) is 57.8 Å². The number of carbonyl (C=O) groups is 1. The van der Waals surface area contributed by atoms with Crippen LogP contribution in [-0.4, -0.2) is 10.9 Å². The SMILES string of the molecule is Cc1ccc(NC(=O)c2cncc(Br)c2)cc1C. The van der Waals surface area contributed by atoms with Crippen molar-refractivity contribution in [1.29, 1.82) is 0 Å². The van der Waals surface area contributed by atoms with E-state index in [1.54, 1.807) is 18.5 Å². The molecule has 1 heterocycles. The highest BCUT2D eigenvalue weighted by molar-refractivity contribution is 9.10. The Labute approximate surface area is 114 Å².